The van der Waals surface area contributed by atoms with Crippen LogP contribution in [0.1, 0.15) is 16.7 Å². The minimum absolute atomic E-state index is 0.173. The zero-order valence-corrected chi connectivity index (χ0v) is 14.6. The van der Waals surface area contributed by atoms with Crippen molar-refractivity contribution in [2.75, 3.05) is 0 Å². The molecule has 142 valence electrons. The number of nitro groups is 3. The fraction of sp³-hybridized carbons (Fsp3) is 0. The van der Waals surface area contributed by atoms with Gasteiger partial charge in [-0.05, 0) is 34.4 Å². The number of hydrogen-bond donors (Lipinski definition) is 0. The molecule has 0 amide bonds. The highest BCUT2D eigenvalue weighted by Crippen LogP contribution is 2.51. The zero-order chi connectivity index (χ0) is 20.7. The van der Waals surface area contributed by atoms with E-state index in [1.165, 1.54) is 24.3 Å². The Hall–Kier alpha value is -4.40. The van der Waals surface area contributed by atoms with Crippen molar-refractivity contribution in [2.45, 2.75) is 0 Å². The monoisotopic (exact) mass is 389 g/mol. The Labute approximate surface area is 163 Å². The normalized spacial score (nSPS) is 13.0. The van der Waals surface area contributed by atoms with Gasteiger partial charge in [-0.2, -0.15) is 0 Å². The lowest BCUT2D eigenvalue weighted by Gasteiger charge is -2.04. The summed E-state index contributed by atoms with van der Waals surface area (Å²) in [4.78, 5) is 32.3. The number of hydrogen-bond acceptors (Lipinski definition) is 6. The quantitative estimate of drug-likeness (QED) is 0.357. The first-order chi connectivity index (χ1) is 13.9. The molecule has 0 heterocycles. The van der Waals surface area contributed by atoms with Crippen LogP contribution in [0.5, 0.6) is 0 Å². The molecular formula is C20H11N3O6. The molecule has 1 aliphatic rings. The van der Waals surface area contributed by atoms with Crippen LogP contribution in [-0.2, 0) is 0 Å². The third-order valence-corrected chi connectivity index (χ3v) is 4.68. The van der Waals surface area contributed by atoms with Crippen molar-refractivity contribution in [2.24, 2.45) is 0 Å². The molecule has 0 saturated heterocycles. The zero-order valence-electron chi connectivity index (χ0n) is 14.6. The van der Waals surface area contributed by atoms with E-state index in [2.05, 4.69) is 0 Å². The van der Waals surface area contributed by atoms with E-state index in [4.69, 9.17) is 0 Å². The van der Waals surface area contributed by atoms with E-state index in [-0.39, 0.29) is 11.3 Å². The summed E-state index contributed by atoms with van der Waals surface area (Å²) in [7, 11) is 0. The molecule has 4 rings (SSSR count). The summed E-state index contributed by atoms with van der Waals surface area (Å²) in [6.45, 7) is 0. The maximum Gasteiger partial charge on any atom is 0.284 e. The molecular weight excluding hydrogens is 378 g/mol. The molecule has 1 aliphatic carbocycles. The van der Waals surface area contributed by atoms with Gasteiger partial charge < -0.3 is 0 Å². The van der Waals surface area contributed by atoms with E-state index in [1.807, 2.05) is 6.07 Å². The van der Waals surface area contributed by atoms with Gasteiger partial charge in [0.15, 0.2) is 0 Å². The van der Waals surface area contributed by atoms with Gasteiger partial charge in [-0.25, -0.2) is 0 Å². The Morgan fingerprint density at radius 3 is 1.93 bits per heavy atom. The first kappa shape index (κ1) is 18.0. The highest BCUT2D eigenvalue weighted by Gasteiger charge is 2.34. The molecule has 0 fully saturated rings. The summed E-state index contributed by atoms with van der Waals surface area (Å²) >= 11 is 0. The van der Waals surface area contributed by atoms with Crippen LogP contribution in [0.15, 0.2) is 60.7 Å². The second-order valence-corrected chi connectivity index (χ2v) is 6.36. The number of non-ortho nitro benzene ring substituents is 2. The molecule has 0 aromatic heterocycles. The minimum atomic E-state index is -0.696. The SMILES string of the molecule is O=[N+]([O-])c1ccc2c(c1)/C(=C/c1ccccc1)c1cc([N+](=O)[O-])cc([N+](=O)[O-])c1-2. The summed E-state index contributed by atoms with van der Waals surface area (Å²) in [5.41, 5.74) is 1.55. The Morgan fingerprint density at radius 2 is 1.31 bits per heavy atom. The van der Waals surface area contributed by atoms with Crippen LogP contribution < -0.4 is 0 Å². The third kappa shape index (κ3) is 3.00. The Bertz CT molecular complexity index is 1230. The topological polar surface area (TPSA) is 129 Å². The van der Waals surface area contributed by atoms with Crippen LogP contribution in [0, 0.1) is 30.3 Å². The van der Waals surface area contributed by atoms with E-state index in [9.17, 15) is 30.3 Å². The molecule has 0 N–H and O–H groups in total. The van der Waals surface area contributed by atoms with Gasteiger partial charge >= 0.3 is 0 Å². The largest absolute Gasteiger partial charge is 0.284 e. The van der Waals surface area contributed by atoms with E-state index in [1.54, 1.807) is 30.3 Å². The maximum absolute atomic E-state index is 11.6. The third-order valence-electron chi connectivity index (χ3n) is 4.68. The average molecular weight is 389 g/mol. The van der Waals surface area contributed by atoms with Crippen LogP contribution in [0.2, 0.25) is 0 Å². The van der Waals surface area contributed by atoms with Crippen molar-refractivity contribution in [3.63, 3.8) is 0 Å². The van der Waals surface area contributed by atoms with Crippen LogP contribution >= 0.6 is 0 Å². The van der Waals surface area contributed by atoms with Gasteiger partial charge in [0, 0.05) is 23.8 Å². The lowest BCUT2D eigenvalue weighted by molar-refractivity contribution is -0.393. The molecule has 0 atom stereocenters. The number of fused-ring (bicyclic) bond motifs is 3. The van der Waals surface area contributed by atoms with E-state index in [0.29, 0.717) is 22.3 Å². The second-order valence-electron chi connectivity index (χ2n) is 6.36. The molecule has 0 aliphatic heterocycles. The summed E-state index contributed by atoms with van der Waals surface area (Å²) in [6, 6.07) is 15.2. The molecule has 0 spiro atoms. The standard InChI is InChI=1S/C20H11N3O6/c24-21(25)13-6-7-15-17(9-13)16(8-12-4-2-1-3-5-12)18-10-14(22(26)27)11-19(20(15)18)23(28)29/h1-11H/b16-8-. The van der Waals surface area contributed by atoms with Gasteiger partial charge in [0.1, 0.15) is 0 Å². The van der Waals surface area contributed by atoms with Crippen molar-refractivity contribution in [3.05, 3.63) is 108 Å². The van der Waals surface area contributed by atoms with Crippen molar-refractivity contribution in [1.29, 1.82) is 0 Å². The van der Waals surface area contributed by atoms with Gasteiger partial charge in [-0.15, -0.1) is 0 Å². The first-order valence-electron chi connectivity index (χ1n) is 8.40. The summed E-state index contributed by atoms with van der Waals surface area (Å²) in [6.07, 6.45) is 1.71. The molecule has 29 heavy (non-hydrogen) atoms. The second kappa shape index (κ2) is 6.64. The number of nitrogens with zero attached hydrogens (tertiary/aromatic N) is 3. The molecule has 3 aromatic carbocycles. The number of benzene rings is 3. The Kier molecular flexibility index (Phi) is 4.12. The molecule has 9 nitrogen and oxygen atoms in total. The lowest BCUT2D eigenvalue weighted by atomic mass is 10.00. The van der Waals surface area contributed by atoms with Gasteiger partial charge in [0.05, 0.1) is 26.4 Å². The highest BCUT2D eigenvalue weighted by molar-refractivity contribution is 6.09. The smallest absolute Gasteiger partial charge is 0.258 e. The van der Waals surface area contributed by atoms with E-state index < -0.39 is 26.1 Å². The molecule has 9 heteroatoms. The van der Waals surface area contributed by atoms with Crippen LogP contribution in [0.25, 0.3) is 22.8 Å². The Morgan fingerprint density at radius 1 is 0.655 bits per heavy atom. The summed E-state index contributed by atoms with van der Waals surface area (Å²) in [5.74, 6) is 0. The number of rotatable bonds is 4. The maximum atomic E-state index is 11.6. The predicted molar refractivity (Wildman–Crippen MR) is 105 cm³/mol. The first-order valence-corrected chi connectivity index (χ1v) is 8.40. The van der Waals surface area contributed by atoms with Crippen LogP contribution in [0.4, 0.5) is 17.1 Å². The van der Waals surface area contributed by atoms with Gasteiger partial charge in [0.2, 0.25) is 0 Å². The molecule has 3 aromatic rings. The fourth-order valence-corrected chi connectivity index (χ4v) is 3.46. The Balaban J connectivity index is 2.09. The van der Waals surface area contributed by atoms with Crippen molar-refractivity contribution in [1.82, 2.24) is 0 Å². The lowest BCUT2D eigenvalue weighted by Crippen LogP contribution is -1.96. The van der Waals surface area contributed by atoms with Crippen LogP contribution in [-0.4, -0.2) is 14.8 Å². The highest BCUT2D eigenvalue weighted by atomic mass is 16.6. The van der Waals surface area contributed by atoms with Crippen LogP contribution in [0.3, 0.4) is 0 Å². The summed E-state index contributed by atoms with van der Waals surface area (Å²) < 4.78 is 0. The van der Waals surface area contributed by atoms with Gasteiger partial charge in [-0.3, -0.25) is 30.3 Å². The molecule has 0 bridgehead atoms. The number of nitro benzene ring substituents is 3. The van der Waals surface area contributed by atoms with Gasteiger partial charge in [0.25, 0.3) is 17.1 Å². The molecule has 0 radical (unpaired) electrons. The van der Waals surface area contributed by atoms with Crippen molar-refractivity contribution >= 4 is 28.7 Å². The van der Waals surface area contributed by atoms with Crippen molar-refractivity contribution in [3.8, 4) is 11.1 Å². The van der Waals surface area contributed by atoms with E-state index in [0.717, 1.165) is 11.6 Å². The van der Waals surface area contributed by atoms with Crippen molar-refractivity contribution < 1.29 is 14.8 Å². The van der Waals surface area contributed by atoms with E-state index >= 15 is 0 Å². The summed E-state index contributed by atoms with van der Waals surface area (Å²) in [5, 5.41) is 34.2. The minimum Gasteiger partial charge on any atom is -0.258 e. The average Bonchev–Trinajstić information content (AvgIpc) is 3.01. The predicted octanol–water partition coefficient (Wildman–Crippen LogP) is 4.98. The fourth-order valence-electron chi connectivity index (χ4n) is 3.46. The molecule has 0 saturated carbocycles. The van der Waals surface area contributed by atoms with Gasteiger partial charge in [-0.1, -0.05) is 30.3 Å². The molecule has 0 unspecified atom stereocenters.